The van der Waals surface area contributed by atoms with Crippen molar-refractivity contribution in [3.05, 3.63) is 29.8 Å². The molecule has 1 amide bonds. The fourth-order valence-electron chi connectivity index (χ4n) is 3.77. The maximum Gasteiger partial charge on any atom is 0.306 e. The molecule has 1 aromatic carbocycles. The van der Waals surface area contributed by atoms with Gasteiger partial charge in [-0.1, -0.05) is 12.1 Å². The Bertz CT molecular complexity index is 613. The van der Waals surface area contributed by atoms with Crippen LogP contribution in [0.1, 0.15) is 31.2 Å². The number of aromatic hydroxyl groups is 1. The lowest BCUT2D eigenvalue weighted by Gasteiger charge is -2.54. The molecular formula is C19H26N2O4. The molecule has 2 fully saturated rings. The Morgan fingerprint density at radius 1 is 1.12 bits per heavy atom. The summed E-state index contributed by atoms with van der Waals surface area (Å²) in [5.41, 5.74) is 1.48. The summed E-state index contributed by atoms with van der Waals surface area (Å²) in [4.78, 5) is 27.5. The third-order valence-electron chi connectivity index (χ3n) is 5.44. The van der Waals surface area contributed by atoms with Gasteiger partial charge in [-0.25, -0.2) is 0 Å². The number of rotatable bonds is 5. The number of amides is 1. The number of likely N-dealkylation sites (tertiary alicyclic amines) is 2. The Kier molecular flexibility index (Phi) is 5.27. The van der Waals surface area contributed by atoms with E-state index in [-0.39, 0.29) is 30.1 Å². The average molecular weight is 346 g/mol. The van der Waals surface area contributed by atoms with Crippen LogP contribution in [0.15, 0.2) is 24.3 Å². The van der Waals surface area contributed by atoms with E-state index in [4.69, 9.17) is 0 Å². The number of nitrogens with zero attached hydrogens (tertiary/aromatic N) is 2. The zero-order valence-corrected chi connectivity index (χ0v) is 14.7. The number of benzene rings is 1. The summed E-state index contributed by atoms with van der Waals surface area (Å²) < 4.78 is 4.58. The summed E-state index contributed by atoms with van der Waals surface area (Å²) in [7, 11) is 1.34. The molecule has 0 unspecified atom stereocenters. The third kappa shape index (κ3) is 4.31. The molecule has 3 rings (SSSR count). The van der Waals surface area contributed by atoms with Gasteiger partial charge in [0.05, 0.1) is 13.5 Å². The van der Waals surface area contributed by atoms with Crippen LogP contribution in [0.25, 0.3) is 0 Å². The van der Waals surface area contributed by atoms with Gasteiger partial charge in [0, 0.05) is 31.5 Å². The summed E-state index contributed by atoms with van der Waals surface area (Å²) >= 11 is 0. The normalized spacial score (nSPS) is 19.5. The molecule has 1 spiro atoms. The number of phenols is 1. The minimum atomic E-state index is -0.328. The highest BCUT2D eigenvalue weighted by Crippen LogP contribution is 2.41. The molecule has 1 aromatic rings. The highest BCUT2D eigenvalue weighted by atomic mass is 16.5. The maximum absolute atomic E-state index is 12.1. The zero-order valence-electron chi connectivity index (χ0n) is 14.7. The fourth-order valence-corrected chi connectivity index (χ4v) is 3.77. The van der Waals surface area contributed by atoms with Gasteiger partial charge >= 0.3 is 5.97 Å². The number of methoxy groups -OCH3 is 1. The van der Waals surface area contributed by atoms with Crippen LogP contribution in [0.2, 0.25) is 0 Å². The molecule has 6 heteroatoms. The number of piperidine rings is 1. The van der Waals surface area contributed by atoms with Crippen LogP contribution in [-0.2, 0) is 20.9 Å². The van der Waals surface area contributed by atoms with Crippen molar-refractivity contribution < 1.29 is 19.4 Å². The lowest BCUT2D eigenvalue weighted by Crippen LogP contribution is -2.61. The molecule has 0 bridgehead atoms. The number of carbonyl (C=O) groups is 2. The van der Waals surface area contributed by atoms with Crippen molar-refractivity contribution in [1.82, 2.24) is 9.80 Å². The van der Waals surface area contributed by atoms with Crippen LogP contribution in [0.3, 0.4) is 0 Å². The largest absolute Gasteiger partial charge is 0.508 e. The highest BCUT2D eigenvalue weighted by molar-refractivity contribution is 5.82. The summed E-state index contributed by atoms with van der Waals surface area (Å²) in [5.74, 6) is 0.0291. The van der Waals surface area contributed by atoms with E-state index >= 15 is 0 Å². The Hall–Kier alpha value is -2.08. The van der Waals surface area contributed by atoms with Gasteiger partial charge in [0.2, 0.25) is 5.91 Å². The second-order valence-corrected chi connectivity index (χ2v) is 7.27. The molecule has 0 saturated carbocycles. The Balaban J connectivity index is 1.40. The van der Waals surface area contributed by atoms with Gasteiger partial charge in [-0.2, -0.15) is 0 Å². The summed E-state index contributed by atoms with van der Waals surface area (Å²) in [6, 6.07) is 7.38. The second-order valence-electron chi connectivity index (χ2n) is 7.27. The first-order valence-electron chi connectivity index (χ1n) is 8.85. The maximum atomic E-state index is 12.1. The Labute approximate surface area is 148 Å². The van der Waals surface area contributed by atoms with Crippen LogP contribution >= 0.6 is 0 Å². The van der Waals surface area contributed by atoms with E-state index in [0.29, 0.717) is 5.75 Å². The molecule has 0 aromatic heterocycles. The quantitative estimate of drug-likeness (QED) is 0.823. The van der Waals surface area contributed by atoms with Gasteiger partial charge in [-0.05, 0) is 43.6 Å². The standard InChI is InChI=1S/C19H26N2O4/c1-25-18(24)7-6-17(23)21-13-19(14-21)8-10-20(11-9-19)12-15-2-4-16(22)5-3-15/h2-5,22H,6-14H2,1H3. The fraction of sp³-hybridized carbons (Fsp3) is 0.579. The van der Waals surface area contributed by atoms with Gasteiger partial charge in [-0.3, -0.25) is 14.5 Å². The van der Waals surface area contributed by atoms with Crippen molar-refractivity contribution in [3.8, 4) is 5.75 Å². The average Bonchev–Trinajstić information content (AvgIpc) is 2.60. The molecule has 0 aliphatic carbocycles. The van der Waals surface area contributed by atoms with Crippen LogP contribution in [0.4, 0.5) is 0 Å². The lowest BCUT2D eigenvalue weighted by molar-refractivity contribution is -0.150. The topological polar surface area (TPSA) is 70.1 Å². The molecule has 0 atom stereocenters. The van der Waals surface area contributed by atoms with E-state index in [0.717, 1.165) is 45.6 Å². The molecule has 2 saturated heterocycles. The molecule has 2 heterocycles. The summed E-state index contributed by atoms with van der Waals surface area (Å²) in [5, 5.41) is 9.35. The Morgan fingerprint density at radius 2 is 1.76 bits per heavy atom. The summed E-state index contributed by atoms with van der Waals surface area (Å²) in [6.45, 7) is 4.61. The minimum absolute atomic E-state index is 0.0579. The predicted octanol–water partition coefficient (Wildman–Crippen LogP) is 1.77. The van der Waals surface area contributed by atoms with Gasteiger partial charge in [0.15, 0.2) is 0 Å². The summed E-state index contributed by atoms with van der Waals surface area (Å²) in [6.07, 6.45) is 2.62. The SMILES string of the molecule is COC(=O)CCC(=O)N1CC2(CCN(Cc3ccc(O)cc3)CC2)C1. The van der Waals surface area contributed by atoms with Crippen LogP contribution in [0.5, 0.6) is 5.75 Å². The molecule has 1 N–H and O–H groups in total. The van der Waals surface area contributed by atoms with Crippen molar-refractivity contribution in [2.75, 3.05) is 33.3 Å². The van der Waals surface area contributed by atoms with Crippen LogP contribution < -0.4 is 0 Å². The number of ether oxygens (including phenoxy) is 1. The van der Waals surface area contributed by atoms with E-state index in [9.17, 15) is 14.7 Å². The smallest absolute Gasteiger partial charge is 0.306 e. The zero-order chi connectivity index (χ0) is 17.9. The Morgan fingerprint density at radius 3 is 2.36 bits per heavy atom. The van der Waals surface area contributed by atoms with Gasteiger partial charge < -0.3 is 14.7 Å². The van der Waals surface area contributed by atoms with E-state index in [1.807, 2.05) is 17.0 Å². The monoisotopic (exact) mass is 346 g/mol. The number of carbonyl (C=O) groups excluding carboxylic acids is 2. The molecule has 0 radical (unpaired) electrons. The lowest BCUT2D eigenvalue weighted by atomic mass is 9.72. The van der Waals surface area contributed by atoms with Gasteiger partial charge in [0.25, 0.3) is 0 Å². The molecule has 25 heavy (non-hydrogen) atoms. The number of hydrogen-bond acceptors (Lipinski definition) is 5. The van der Waals surface area contributed by atoms with E-state index in [1.54, 1.807) is 12.1 Å². The highest BCUT2D eigenvalue weighted by Gasteiger charge is 2.46. The van der Waals surface area contributed by atoms with E-state index in [2.05, 4.69) is 9.64 Å². The van der Waals surface area contributed by atoms with Crippen molar-refractivity contribution in [1.29, 1.82) is 0 Å². The first-order chi connectivity index (χ1) is 12.0. The minimum Gasteiger partial charge on any atom is -0.508 e. The number of esters is 1. The molecule has 136 valence electrons. The molecule has 6 nitrogen and oxygen atoms in total. The first kappa shape index (κ1) is 17.7. The van der Waals surface area contributed by atoms with Crippen molar-refractivity contribution in [2.45, 2.75) is 32.2 Å². The van der Waals surface area contributed by atoms with Crippen LogP contribution in [0, 0.1) is 5.41 Å². The third-order valence-corrected chi connectivity index (χ3v) is 5.44. The molecule has 2 aliphatic rings. The first-order valence-corrected chi connectivity index (χ1v) is 8.85. The molecular weight excluding hydrogens is 320 g/mol. The van der Waals surface area contributed by atoms with Crippen molar-refractivity contribution in [3.63, 3.8) is 0 Å². The van der Waals surface area contributed by atoms with Crippen molar-refractivity contribution in [2.24, 2.45) is 5.41 Å². The predicted molar refractivity (Wildman–Crippen MR) is 92.9 cm³/mol. The number of hydrogen-bond donors (Lipinski definition) is 1. The van der Waals surface area contributed by atoms with Crippen molar-refractivity contribution >= 4 is 11.9 Å². The second kappa shape index (κ2) is 7.44. The van der Waals surface area contributed by atoms with E-state index < -0.39 is 0 Å². The van der Waals surface area contributed by atoms with Gasteiger partial charge in [0.1, 0.15) is 5.75 Å². The van der Waals surface area contributed by atoms with Gasteiger partial charge in [-0.15, -0.1) is 0 Å². The van der Waals surface area contributed by atoms with Crippen LogP contribution in [-0.4, -0.2) is 60.1 Å². The van der Waals surface area contributed by atoms with E-state index in [1.165, 1.54) is 12.7 Å². The molecule has 2 aliphatic heterocycles. The number of phenolic OH excluding ortho intramolecular Hbond substituents is 1.